The van der Waals surface area contributed by atoms with Crippen molar-refractivity contribution in [3.63, 3.8) is 0 Å². The van der Waals surface area contributed by atoms with Gasteiger partial charge in [0.2, 0.25) is 0 Å². The van der Waals surface area contributed by atoms with Crippen LogP contribution in [0.15, 0.2) is 23.3 Å². The molecule has 1 unspecified atom stereocenters. The summed E-state index contributed by atoms with van der Waals surface area (Å²) in [6.45, 7) is 14.2. The molecule has 3 heterocycles. The van der Waals surface area contributed by atoms with Gasteiger partial charge >= 0.3 is 0 Å². The van der Waals surface area contributed by atoms with E-state index in [-0.39, 0.29) is 35.6 Å². The van der Waals surface area contributed by atoms with Gasteiger partial charge in [-0.15, -0.1) is 24.0 Å². The number of morpholine rings is 2. The third-order valence-electron chi connectivity index (χ3n) is 5.61. The fourth-order valence-corrected chi connectivity index (χ4v) is 3.76. The van der Waals surface area contributed by atoms with Crippen LogP contribution in [0, 0.1) is 0 Å². The van der Waals surface area contributed by atoms with Crippen molar-refractivity contribution >= 4 is 35.8 Å². The lowest BCUT2D eigenvalue weighted by Crippen LogP contribution is -2.56. The molecule has 0 spiro atoms. The van der Waals surface area contributed by atoms with E-state index in [9.17, 15) is 0 Å². The highest BCUT2D eigenvalue weighted by molar-refractivity contribution is 14.0. The molecule has 9 heteroatoms. The molecular weight excluding hydrogens is 495 g/mol. The summed E-state index contributed by atoms with van der Waals surface area (Å²) in [5, 5.41) is 6.90. The molecule has 3 rings (SSSR count). The second kappa shape index (κ2) is 12.0. The van der Waals surface area contributed by atoms with Crippen molar-refractivity contribution in [1.29, 1.82) is 0 Å². The first-order chi connectivity index (χ1) is 14.0. The van der Waals surface area contributed by atoms with Crippen LogP contribution in [0.4, 0.5) is 5.82 Å². The zero-order valence-corrected chi connectivity index (χ0v) is 21.0. The number of aromatic nitrogens is 1. The second-order valence-electron chi connectivity index (χ2n) is 8.34. The summed E-state index contributed by atoms with van der Waals surface area (Å²) in [4.78, 5) is 13.7. The molecule has 2 fully saturated rings. The second-order valence-corrected chi connectivity index (χ2v) is 8.34. The summed E-state index contributed by atoms with van der Waals surface area (Å²) in [6.07, 6.45) is 2.12. The number of ether oxygens (including phenoxy) is 2. The summed E-state index contributed by atoms with van der Waals surface area (Å²) in [6, 6.07) is 4.20. The smallest absolute Gasteiger partial charge is 0.191 e. The van der Waals surface area contributed by atoms with Crippen LogP contribution in [-0.2, 0) is 16.0 Å². The van der Waals surface area contributed by atoms with Crippen LogP contribution < -0.4 is 15.5 Å². The van der Waals surface area contributed by atoms with E-state index in [1.807, 2.05) is 19.3 Å². The van der Waals surface area contributed by atoms with Crippen LogP contribution >= 0.6 is 24.0 Å². The Balaban J connectivity index is 0.00000320. The van der Waals surface area contributed by atoms with E-state index in [1.54, 1.807) is 0 Å². The largest absolute Gasteiger partial charge is 0.379 e. The van der Waals surface area contributed by atoms with Crippen molar-refractivity contribution in [1.82, 2.24) is 20.5 Å². The zero-order chi connectivity index (χ0) is 20.7. The Morgan fingerprint density at radius 1 is 1.23 bits per heavy atom. The number of nitrogens with zero attached hydrogens (tertiary/aromatic N) is 4. The molecule has 2 saturated heterocycles. The van der Waals surface area contributed by atoms with E-state index in [2.05, 4.69) is 57.2 Å². The molecule has 2 aliphatic rings. The van der Waals surface area contributed by atoms with Gasteiger partial charge in [0.25, 0.3) is 0 Å². The number of hydrogen-bond acceptors (Lipinski definition) is 6. The van der Waals surface area contributed by atoms with E-state index in [0.717, 1.165) is 64.3 Å². The Hall–Kier alpha value is -1.17. The lowest BCUT2D eigenvalue weighted by Gasteiger charge is -2.41. The monoisotopic (exact) mass is 532 g/mol. The molecular formula is C21H37IN6O2. The highest BCUT2D eigenvalue weighted by atomic mass is 127. The molecule has 0 saturated carbocycles. The van der Waals surface area contributed by atoms with Gasteiger partial charge < -0.3 is 25.0 Å². The maximum Gasteiger partial charge on any atom is 0.191 e. The van der Waals surface area contributed by atoms with Crippen molar-refractivity contribution in [2.75, 3.05) is 64.5 Å². The Morgan fingerprint density at radius 3 is 2.70 bits per heavy atom. The molecule has 1 atom stereocenters. The first kappa shape index (κ1) is 25.1. The maximum atomic E-state index is 5.64. The van der Waals surface area contributed by atoms with Gasteiger partial charge in [-0.2, -0.15) is 0 Å². The van der Waals surface area contributed by atoms with Crippen LogP contribution in [-0.4, -0.2) is 87.1 Å². The predicted octanol–water partition coefficient (Wildman–Crippen LogP) is 1.70. The zero-order valence-electron chi connectivity index (χ0n) is 18.7. The van der Waals surface area contributed by atoms with E-state index in [0.29, 0.717) is 6.54 Å². The van der Waals surface area contributed by atoms with Gasteiger partial charge in [0.15, 0.2) is 5.96 Å². The standard InChI is InChI=1S/C21H36N6O2.HI/c1-17-15-26(7-12-29-17)19-13-18(5-6-23-19)14-24-20(22-4)25-16-21(2,3)27-8-10-28-11-9-27;/h5-6,13,17H,7-12,14-16H2,1-4H3,(H2,22,24,25);1H. The van der Waals surface area contributed by atoms with Crippen LogP contribution in [0.1, 0.15) is 26.3 Å². The molecule has 1 aromatic heterocycles. The van der Waals surface area contributed by atoms with Crippen molar-refractivity contribution < 1.29 is 9.47 Å². The molecule has 2 N–H and O–H groups in total. The number of rotatable bonds is 6. The normalized spacial score (nSPS) is 21.1. The van der Waals surface area contributed by atoms with Gasteiger partial charge in [0.05, 0.1) is 25.9 Å². The number of anilines is 1. The number of pyridine rings is 1. The number of halogens is 1. The summed E-state index contributed by atoms with van der Waals surface area (Å²) < 4.78 is 11.1. The molecule has 2 aliphatic heterocycles. The van der Waals surface area contributed by atoms with E-state index in [1.165, 1.54) is 5.56 Å². The third kappa shape index (κ3) is 7.21. The lowest BCUT2D eigenvalue weighted by molar-refractivity contribution is -0.00834. The topological polar surface area (TPSA) is 74.2 Å². The van der Waals surface area contributed by atoms with Crippen molar-refractivity contribution in [2.45, 2.75) is 39.0 Å². The molecule has 30 heavy (non-hydrogen) atoms. The van der Waals surface area contributed by atoms with Gasteiger partial charge in [-0.25, -0.2) is 4.98 Å². The number of aliphatic imine (C=N–C) groups is 1. The van der Waals surface area contributed by atoms with Gasteiger partial charge in [-0.1, -0.05) is 0 Å². The van der Waals surface area contributed by atoms with Gasteiger partial charge in [0, 0.05) is 58.1 Å². The highest BCUT2D eigenvalue weighted by Crippen LogP contribution is 2.17. The molecule has 0 aliphatic carbocycles. The molecule has 0 amide bonds. The summed E-state index contributed by atoms with van der Waals surface area (Å²) in [5.74, 6) is 1.82. The van der Waals surface area contributed by atoms with E-state index in [4.69, 9.17) is 9.47 Å². The first-order valence-corrected chi connectivity index (χ1v) is 10.6. The molecule has 0 aromatic carbocycles. The van der Waals surface area contributed by atoms with Crippen LogP contribution in [0.5, 0.6) is 0 Å². The minimum Gasteiger partial charge on any atom is -0.379 e. The fraction of sp³-hybridized carbons (Fsp3) is 0.714. The average Bonchev–Trinajstić information content (AvgIpc) is 2.75. The lowest BCUT2D eigenvalue weighted by atomic mass is 10.0. The van der Waals surface area contributed by atoms with Crippen LogP contribution in [0.2, 0.25) is 0 Å². The summed E-state index contributed by atoms with van der Waals surface area (Å²) >= 11 is 0. The Bertz CT molecular complexity index is 681. The quantitative estimate of drug-likeness (QED) is 0.328. The Kier molecular flexibility index (Phi) is 10.1. The molecule has 1 aromatic rings. The SMILES string of the molecule is CN=C(NCc1ccnc(N2CCOC(C)C2)c1)NCC(C)(C)N1CCOCC1.I. The number of nitrogens with one attached hydrogen (secondary N) is 2. The van der Waals surface area contributed by atoms with E-state index < -0.39 is 0 Å². The van der Waals surface area contributed by atoms with Gasteiger partial charge in [-0.3, -0.25) is 9.89 Å². The fourth-order valence-electron chi connectivity index (χ4n) is 3.76. The number of guanidine groups is 1. The van der Waals surface area contributed by atoms with Crippen LogP contribution in [0.3, 0.4) is 0 Å². The summed E-state index contributed by atoms with van der Waals surface area (Å²) in [5.41, 5.74) is 1.22. The first-order valence-electron chi connectivity index (χ1n) is 10.6. The van der Waals surface area contributed by atoms with Crippen LogP contribution in [0.25, 0.3) is 0 Å². The Morgan fingerprint density at radius 2 is 2.00 bits per heavy atom. The minimum absolute atomic E-state index is 0. The van der Waals surface area contributed by atoms with Crippen molar-refractivity contribution in [2.24, 2.45) is 4.99 Å². The van der Waals surface area contributed by atoms with Gasteiger partial charge in [0.1, 0.15) is 5.82 Å². The van der Waals surface area contributed by atoms with E-state index >= 15 is 0 Å². The molecule has 170 valence electrons. The molecule has 8 nitrogen and oxygen atoms in total. The predicted molar refractivity (Wildman–Crippen MR) is 132 cm³/mol. The molecule has 0 bridgehead atoms. The van der Waals surface area contributed by atoms with Gasteiger partial charge in [-0.05, 0) is 38.5 Å². The Labute approximate surface area is 197 Å². The maximum absolute atomic E-state index is 5.64. The average molecular weight is 532 g/mol. The summed E-state index contributed by atoms with van der Waals surface area (Å²) in [7, 11) is 1.81. The molecule has 0 radical (unpaired) electrons. The highest BCUT2D eigenvalue weighted by Gasteiger charge is 2.28. The van der Waals surface area contributed by atoms with Crippen molar-refractivity contribution in [3.8, 4) is 0 Å². The van der Waals surface area contributed by atoms with Crippen molar-refractivity contribution in [3.05, 3.63) is 23.9 Å². The number of hydrogen-bond donors (Lipinski definition) is 2. The third-order valence-corrected chi connectivity index (χ3v) is 5.61. The minimum atomic E-state index is 0.